The number of hydrogen-bond donors (Lipinski definition) is 0. The SMILES string of the molecule is Cc1cc(C)c(C)c(-c2c3c(nc[n+]2C)C=C(c2ccc(CC(C)C)nc2)C3)c1. The quantitative estimate of drug-likeness (QED) is 0.580. The zero-order chi connectivity index (χ0) is 20.7. The molecule has 0 unspecified atom stereocenters. The third kappa shape index (κ3) is 3.74. The Bertz CT molecular complexity index is 1110. The van der Waals surface area contributed by atoms with E-state index in [0.29, 0.717) is 5.92 Å². The van der Waals surface area contributed by atoms with Gasteiger partial charge in [-0.1, -0.05) is 31.5 Å². The molecule has 0 spiro atoms. The van der Waals surface area contributed by atoms with Crippen LogP contribution in [-0.4, -0.2) is 9.97 Å². The van der Waals surface area contributed by atoms with E-state index in [-0.39, 0.29) is 0 Å². The normalized spacial score (nSPS) is 13.0. The highest BCUT2D eigenvalue weighted by Crippen LogP contribution is 2.36. The lowest BCUT2D eigenvalue weighted by Crippen LogP contribution is -2.33. The van der Waals surface area contributed by atoms with E-state index < -0.39 is 0 Å². The van der Waals surface area contributed by atoms with E-state index in [2.05, 4.69) is 76.6 Å². The highest BCUT2D eigenvalue weighted by Gasteiger charge is 2.27. The number of rotatable bonds is 4. The molecule has 0 aliphatic heterocycles. The average molecular weight is 385 g/mol. The monoisotopic (exact) mass is 384 g/mol. The van der Waals surface area contributed by atoms with E-state index in [1.54, 1.807) is 0 Å². The highest BCUT2D eigenvalue weighted by molar-refractivity contribution is 5.89. The fourth-order valence-corrected chi connectivity index (χ4v) is 4.30. The van der Waals surface area contributed by atoms with Crippen LogP contribution in [0.1, 0.15) is 53.1 Å². The molecule has 1 aromatic carbocycles. The van der Waals surface area contributed by atoms with E-state index in [1.807, 2.05) is 12.5 Å². The fraction of sp³-hybridized carbons (Fsp3) is 0.346. The molecule has 0 atom stereocenters. The second-order valence-electron chi connectivity index (χ2n) is 8.80. The first-order chi connectivity index (χ1) is 13.8. The van der Waals surface area contributed by atoms with Gasteiger partial charge in [0.05, 0.1) is 12.6 Å². The van der Waals surface area contributed by atoms with Crippen molar-refractivity contribution in [1.82, 2.24) is 9.97 Å². The summed E-state index contributed by atoms with van der Waals surface area (Å²) in [5.74, 6) is 0.621. The van der Waals surface area contributed by atoms with Gasteiger partial charge in [-0.2, -0.15) is 0 Å². The number of allylic oxidation sites excluding steroid dienone is 1. The Morgan fingerprint density at radius 2 is 1.86 bits per heavy atom. The predicted molar refractivity (Wildman–Crippen MR) is 119 cm³/mol. The van der Waals surface area contributed by atoms with E-state index in [4.69, 9.17) is 9.97 Å². The number of hydrogen-bond acceptors (Lipinski definition) is 2. The Balaban J connectivity index is 1.73. The van der Waals surface area contributed by atoms with Crippen molar-refractivity contribution >= 4 is 11.6 Å². The number of benzene rings is 1. The largest absolute Gasteiger partial charge is 0.287 e. The van der Waals surface area contributed by atoms with Crippen LogP contribution in [0.4, 0.5) is 0 Å². The summed E-state index contributed by atoms with van der Waals surface area (Å²) in [7, 11) is 2.10. The summed E-state index contributed by atoms with van der Waals surface area (Å²) in [5.41, 5.74) is 12.6. The number of nitrogens with zero attached hydrogens (tertiary/aromatic N) is 3. The summed E-state index contributed by atoms with van der Waals surface area (Å²) >= 11 is 0. The van der Waals surface area contributed by atoms with Gasteiger partial charge in [-0.15, -0.1) is 0 Å². The first kappa shape index (κ1) is 19.5. The maximum atomic E-state index is 4.72. The molecule has 2 aromatic heterocycles. The molecule has 0 fully saturated rings. The Morgan fingerprint density at radius 3 is 2.55 bits per heavy atom. The van der Waals surface area contributed by atoms with Gasteiger partial charge in [-0.05, 0) is 78.6 Å². The molecule has 0 radical (unpaired) electrons. The molecule has 0 saturated carbocycles. The molecule has 3 heteroatoms. The van der Waals surface area contributed by atoms with Crippen molar-refractivity contribution in [3.05, 3.63) is 76.0 Å². The van der Waals surface area contributed by atoms with Gasteiger partial charge in [0.1, 0.15) is 5.69 Å². The van der Waals surface area contributed by atoms with Crippen molar-refractivity contribution in [2.45, 2.75) is 47.5 Å². The van der Waals surface area contributed by atoms with Crippen molar-refractivity contribution in [2.75, 3.05) is 0 Å². The van der Waals surface area contributed by atoms with Crippen molar-refractivity contribution in [1.29, 1.82) is 0 Å². The number of fused-ring (bicyclic) bond motifs is 1. The van der Waals surface area contributed by atoms with Crippen LogP contribution in [0.25, 0.3) is 22.9 Å². The smallest absolute Gasteiger partial charge is 0.261 e. The lowest BCUT2D eigenvalue weighted by molar-refractivity contribution is -0.663. The van der Waals surface area contributed by atoms with Crippen LogP contribution >= 0.6 is 0 Å². The minimum atomic E-state index is 0.621. The van der Waals surface area contributed by atoms with Gasteiger partial charge in [0, 0.05) is 23.9 Å². The second kappa shape index (κ2) is 7.55. The summed E-state index contributed by atoms with van der Waals surface area (Å²) in [6.07, 6.45) is 8.11. The maximum Gasteiger partial charge on any atom is 0.287 e. The van der Waals surface area contributed by atoms with Crippen molar-refractivity contribution in [3.63, 3.8) is 0 Å². The minimum absolute atomic E-state index is 0.621. The first-order valence-corrected chi connectivity index (χ1v) is 10.4. The zero-order valence-electron chi connectivity index (χ0n) is 18.4. The summed E-state index contributed by atoms with van der Waals surface area (Å²) in [6.45, 7) is 11.0. The van der Waals surface area contributed by atoms with Gasteiger partial charge in [0.2, 0.25) is 0 Å². The average Bonchev–Trinajstić information content (AvgIpc) is 3.09. The first-order valence-electron chi connectivity index (χ1n) is 10.4. The third-order valence-electron chi connectivity index (χ3n) is 5.88. The molecular formula is C26H30N3+. The van der Waals surface area contributed by atoms with Crippen molar-refractivity contribution in [3.8, 4) is 11.3 Å². The molecule has 3 aromatic rings. The summed E-state index contributed by atoms with van der Waals surface area (Å²) in [5, 5.41) is 0. The van der Waals surface area contributed by atoms with Gasteiger partial charge in [-0.3, -0.25) is 4.98 Å². The molecular weight excluding hydrogens is 354 g/mol. The number of pyridine rings is 1. The van der Waals surface area contributed by atoms with Crippen LogP contribution in [0.3, 0.4) is 0 Å². The summed E-state index contributed by atoms with van der Waals surface area (Å²) in [6, 6.07) is 8.94. The lowest BCUT2D eigenvalue weighted by Gasteiger charge is -2.13. The van der Waals surface area contributed by atoms with Crippen molar-refractivity contribution < 1.29 is 4.57 Å². The summed E-state index contributed by atoms with van der Waals surface area (Å²) in [4.78, 5) is 9.41. The van der Waals surface area contributed by atoms with E-state index >= 15 is 0 Å². The molecule has 3 nitrogen and oxygen atoms in total. The van der Waals surface area contributed by atoms with Gasteiger partial charge in [0.25, 0.3) is 6.33 Å². The van der Waals surface area contributed by atoms with Crippen LogP contribution in [0.5, 0.6) is 0 Å². The fourth-order valence-electron chi connectivity index (χ4n) is 4.30. The summed E-state index contributed by atoms with van der Waals surface area (Å²) < 4.78 is 2.17. The number of aromatic nitrogens is 3. The minimum Gasteiger partial charge on any atom is -0.261 e. The molecule has 148 valence electrons. The second-order valence-corrected chi connectivity index (χ2v) is 8.80. The Morgan fingerprint density at radius 1 is 1.07 bits per heavy atom. The van der Waals surface area contributed by atoms with Gasteiger partial charge in [-0.25, -0.2) is 4.57 Å². The van der Waals surface area contributed by atoms with Crippen LogP contribution < -0.4 is 4.57 Å². The van der Waals surface area contributed by atoms with Gasteiger partial charge in [0.15, 0.2) is 5.69 Å². The van der Waals surface area contributed by atoms with E-state index in [0.717, 1.165) is 24.2 Å². The molecule has 0 N–H and O–H groups in total. The molecule has 2 heterocycles. The molecule has 4 rings (SSSR count). The molecule has 29 heavy (non-hydrogen) atoms. The van der Waals surface area contributed by atoms with E-state index in [9.17, 15) is 0 Å². The Labute approximate surface area is 174 Å². The third-order valence-corrected chi connectivity index (χ3v) is 5.88. The topological polar surface area (TPSA) is 29.7 Å². The molecule has 0 bridgehead atoms. The van der Waals surface area contributed by atoms with Crippen LogP contribution in [0.2, 0.25) is 0 Å². The van der Waals surface area contributed by atoms with Crippen LogP contribution in [0, 0.1) is 26.7 Å². The predicted octanol–water partition coefficient (Wildman–Crippen LogP) is 5.19. The number of aryl methyl sites for hydroxylation is 3. The molecule has 1 aliphatic carbocycles. The van der Waals surface area contributed by atoms with Gasteiger partial charge < -0.3 is 0 Å². The Kier molecular flexibility index (Phi) is 5.08. The van der Waals surface area contributed by atoms with Crippen LogP contribution in [0.15, 0.2) is 36.8 Å². The molecule has 0 saturated heterocycles. The van der Waals surface area contributed by atoms with Crippen LogP contribution in [-0.2, 0) is 19.9 Å². The zero-order valence-corrected chi connectivity index (χ0v) is 18.4. The van der Waals surface area contributed by atoms with E-state index in [1.165, 1.54) is 44.6 Å². The standard InChI is InChI=1S/C26H30N3/c1-16(2)9-22-8-7-20(14-27-22)21-12-24-25(13-21)28-15-29(6)26(24)23-11-17(3)10-18(4)19(23)5/h7-8,10-11,13-16H,9,12H2,1-6H3/q+1. The molecule has 1 aliphatic rings. The lowest BCUT2D eigenvalue weighted by atomic mass is 9.94. The highest BCUT2D eigenvalue weighted by atomic mass is 15.0. The van der Waals surface area contributed by atoms with Gasteiger partial charge >= 0.3 is 0 Å². The molecule has 0 amide bonds. The maximum absolute atomic E-state index is 4.72. The van der Waals surface area contributed by atoms with Crippen molar-refractivity contribution in [2.24, 2.45) is 13.0 Å². The Hall–Kier alpha value is -2.81.